The van der Waals surface area contributed by atoms with Crippen LogP contribution < -0.4 is 0 Å². The Kier molecular flexibility index (Phi) is 6.26. The summed E-state index contributed by atoms with van der Waals surface area (Å²) in [5.74, 6) is 0.0607. The van der Waals surface area contributed by atoms with Gasteiger partial charge in [-0.3, -0.25) is 9.59 Å². The molecule has 0 aliphatic rings. The number of nitrogens with zero attached hydrogens (tertiary/aromatic N) is 1. The van der Waals surface area contributed by atoms with Crippen molar-refractivity contribution >= 4 is 11.6 Å². The lowest BCUT2D eigenvalue weighted by Gasteiger charge is -2.01. The average molecular weight is 365 g/mol. The fourth-order valence-electron chi connectivity index (χ4n) is 2.78. The van der Waals surface area contributed by atoms with E-state index in [1.54, 1.807) is 18.2 Å². The average Bonchev–Trinajstić information content (AvgIpc) is 3.18. The molecule has 0 aliphatic heterocycles. The molecule has 0 saturated heterocycles. The summed E-state index contributed by atoms with van der Waals surface area (Å²) in [6.45, 7) is 0. The number of aryl methyl sites for hydroxylation is 1. The zero-order chi connectivity index (χ0) is 19.1. The number of halogens is 1. The van der Waals surface area contributed by atoms with Crippen molar-refractivity contribution in [3.63, 3.8) is 0 Å². The molecular weight excluding hydrogens is 345 g/mol. The maximum Gasteiger partial charge on any atom is 0.184 e. The second-order valence-corrected chi connectivity index (χ2v) is 6.38. The molecule has 0 atom stereocenters. The Balaban J connectivity index is 1.44. The van der Waals surface area contributed by atoms with Crippen molar-refractivity contribution in [2.75, 3.05) is 0 Å². The normalized spacial score (nSPS) is 10.7. The van der Waals surface area contributed by atoms with Gasteiger partial charge in [-0.15, -0.1) is 0 Å². The highest BCUT2D eigenvalue weighted by Gasteiger charge is 2.14. The summed E-state index contributed by atoms with van der Waals surface area (Å²) in [5, 5.41) is 3.79. The Morgan fingerprint density at radius 3 is 2.41 bits per heavy atom. The third kappa shape index (κ3) is 5.45. The Morgan fingerprint density at radius 1 is 0.926 bits per heavy atom. The molecule has 4 nitrogen and oxygen atoms in total. The first-order valence-corrected chi connectivity index (χ1v) is 8.93. The molecular formula is C22H20FNO3. The van der Waals surface area contributed by atoms with E-state index in [1.165, 1.54) is 12.1 Å². The Bertz CT molecular complexity index is 901. The lowest BCUT2D eigenvalue weighted by Crippen LogP contribution is -2.04. The molecule has 5 heteroatoms. The topological polar surface area (TPSA) is 60.2 Å². The minimum absolute atomic E-state index is 0.152. The molecule has 1 aromatic heterocycles. The van der Waals surface area contributed by atoms with Crippen LogP contribution in [0.15, 0.2) is 65.2 Å². The molecule has 138 valence electrons. The molecule has 0 spiro atoms. The minimum Gasteiger partial charge on any atom is -0.356 e. The van der Waals surface area contributed by atoms with Crippen molar-refractivity contribution in [2.45, 2.75) is 32.1 Å². The summed E-state index contributed by atoms with van der Waals surface area (Å²) in [6.07, 6.45) is 2.31. The Hall–Kier alpha value is -3.08. The van der Waals surface area contributed by atoms with E-state index in [0.717, 1.165) is 12.0 Å². The highest BCUT2D eigenvalue weighted by molar-refractivity contribution is 5.95. The van der Waals surface area contributed by atoms with E-state index < -0.39 is 0 Å². The van der Waals surface area contributed by atoms with Gasteiger partial charge in [0, 0.05) is 30.9 Å². The molecule has 0 bridgehead atoms. The third-order valence-corrected chi connectivity index (χ3v) is 4.32. The van der Waals surface area contributed by atoms with Crippen LogP contribution in [0, 0.1) is 5.82 Å². The molecule has 0 amide bonds. The lowest BCUT2D eigenvalue weighted by molar-refractivity contribution is -0.119. The van der Waals surface area contributed by atoms with Crippen LogP contribution in [0.5, 0.6) is 0 Å². The van der Waals surface area contributed by atoms with Gasteiger partial charge in [0.2, 0.25) is 0 Å². The first kappa shape index (κ1) is 18.7. The molecule has 27 heavy (non-hydrogen) atoms. The predicted molar refractivity (Wildman–Crippen MR) is 99.8 cm³/mol. The molecule has 0 N–H and O–H groups in total. The van der Waals surface area contributed by atoms with Crippen LogP contribution in [0.2, 0.25) is 0 Å². The molecule has 1 heterocycles. The van der Waals surface area contributed by atoms with Gasteiger partial charge in [0.1, 0.15) is 17.3 Å². The summed E-state index contributed by atoms with van der Waals surface area (Å²) in [4.78, 5) is 24.2. The molecule has 0 unspecified atom stereocenters. The van der Waals surface area contributed by atoms with Crippen LogP contribution in [0.25, 0.3) is 11.3 Å². The summed E-state index contributed by atoms with van der Waals surface area (Å²) < 4.78 is 18.1. The number of carbonyl (C=O) groups excluding carboxylic acids is 2. The smallest absolute Gasteiger partial charge is 0.184 e. The molecule has 0 fully saturated rings. The van der Waals surface area contributed by atoms with Crippen molar-refractivity contribution < 1.29 is 18.5 Å². The highest BCUT2D eigenvalue weighted by atomic mass is 19.1. The molecule has 3 aromatic rings. The van der Waals surface area contributed by atoms with Gasteiger partial charge in [-0.25, -0.2) is 4.39 Å². The zero-order valence-corrected chi connectivity index (χ0v) is 14.9. The van der Waals surface area contributed by atoms with Crippen molar-refractivity contribution in [2.24, 2.45) is 0 Å². The summed E-state index contributed by atoms with van der Waals surface area (Å²) >= 11 is 0. The SMILES string of the molecule is O=C(CCCC(=O)c1cc(-c2ccc(F)cc2)on1)CCc1ccccc1. The predicted octanol–water partition coefficient (Wildman–Crippen LogP) is 5.04. The van der Waals surface area contributed by atoms with E-state index in [4.69, 9.17) is 4.52 Å². The van der Waals surface area contributed by atoms with Crippen LogP contribution in [0.3, 0.4) is 0 Å². The molecule has 0 aliphatic carbocycles. The molecule has 0 radical (unpaired) electrons. The second-order valence-electron chi connectivity index (χ2n) is 6.38. The summed E-state index contributed by atoms with van der Waals surface area (Å²) in [6, 6.07) is 17.2. The fraction of sp³-hybridized carbons (Fsp3) is 0.227. The molecule has 2 aromatic carbocycles. The third-order valence-electron chi connectivity index (χ3n) is 4.32. The van der Waals surface area contributed by atoms with Crippen LogP contribution in [-0.2, 0) is 11.2 Å². The second kappa shape index (κ2) is 9.03. The van der Waals surface area contributed by atoms with Gasteiger partial charge in [-0.1, -0.05) is 35.5 Å². The molecule has 3 rings (SSSR count). The van der Waals surface area contributed by atoms with Crippen LogP contribution in [0.1, 0.15) is 41.7 Å². The number of ketones is 2. The fourth-order valence-corrected chi connectivity index (χ4v) is 2.78. The highest BCUT2D eigenvalue weighted by Crippen LogP contribution is 2.21. The van der Waals surface area contributed by atoms with Gasteiger partial charge in [0.25, 0.3) is 0 Å². The van der Waals surface area contributed by atoms with Gasteiger partial charge in [-0.05, 0) is 42.7 Å². The van der Waals surface area contributed by atoms with E-state index in [1.807, 2.05) is 30.3 Å². The summed E-state index contributed by atoms with van der Waals surface area (Å²) in [5.41, 5.74) is 2.02. The lowest BCUT2D eigenvalue weighted by atomic mass is 10.0. The number of hydrogen-bond donors (Lipinski definition) is 0. The standard InChI is InChI=1S/C22H20FNO3/c23-18-12-10-17(11-13-18)22-15-20(24-27-22)21(26)8-4-7-19(25)14-9-16-5-2-1-3-6-16/h1-3,5-6,10-13,15H,4,7-9,14H2. The maximum absolute atomic E-state index is 13.0. The van der Waals surface area contributed by atoms with E-state index in [0.29, 0.717) is 30.6 Å². The largest absolute Gasteiger partial charge is 0.356 e. The van der Waals surface area contributed by atoms with Crippen LogP contribution >= 0.6 is 0 Å². The van der Waals surface area contributed by atoms with Gasteiger partial charge in [0.05, 0.1) is 0 Å². The minimum atomic E-state index is -0.341. The Labute approximate surface area is 157 Å². The van der Waals surface area contributed by atoms with E-state index in [2.05, 4.69) is 5.16 Å². The van der Waals surface area contributed by atoms with Crippen LogP contribution in [0.4, 0.5) is 4.39 Å². The van der Waals surface area contributed by atoms with Gasteiger partial charge < -0.3 is 4.52 Å². The van der Waals surface area contributed by atoms with Crippen molar-refractivity contribution in [1.29, 1.82) is 0 Å². The first-order chi connectivity index (χ1) is 13.1. The monoisotopic (exact) mass is 365 g/mol. The molecule has 0 saturated carbocycles. The quantitative estimate of drug-likeness (QED) is 0.499. The number of benzene rings is 2. The van der Waals surface area contributed by atoms with Gasteiger partial charge in [-0.2, -0.15) is 0 Å². The van der Waals surface area contributed by atoms with E-state index in [-0.39, 0.29) is 29.5 Å². The number of carbonyl (C=O) groups is 2. The number of hydrogen-bond acceptors (Lipinski definition) is 4. The Morgan fingerprint density at radius 2 is 1.67 bits per heavy atom. The van der Waals surface area contributed by atoms with Gasteiger partial charge >= 0.3 is 0 Å². The maximum atomic E-state index is 13.0. The van der Waals surface area contributed by atoms with Crippen molar-refractivity contribution in [3.05, 3.63) is 77.7 Å². The number of aromatic nitrogens is 1. The zero-order valence-electron chi connectivity index (χ0n) is 14.9. The van der Waals surface area contributed by atoms with Crippen molar-refractivity contribution in [3.8, 4) is 11.3 Å². The number of rotatable bonds is 9. The first-order valence-electron chi connectivity index (χ1n) is 8.93. The van der Waals surface area contributed by atoms with Crippen LogP contribution in [-0.4, -0.2) is 16.7 Å². The summed E-state index contributed by atoms with van der Waals surface area (Å²) in [7, 11) is 0. The van der Waals surface area contributed by atoms with E-state index in [9.17, 15) is 14.0 Å². The van der Waals surface area contributed by atoms with Gasteiger partial charge in [0.15, 0.2) is 11.5 Å². The number of Topliss-reactive ketones (excluding diaryl/α,β-unsaturated/α-hetero) is 2. The van der Waals surface area contributed by atoms with E-state index >= 15 is 0 Å². The van der Waals surface area contributed by atoms with Crippen molar-refractivity contribution in [1.82, 2.24) is 5.16 Å².